The molecule has 4 heterocycles. The number of methoxy groups -OCH3 is 1. The topological polar surface area (TPSA) is 96.9 Å². The molecule has 2 aliphatic rings. The van der Waals surface area contributed by atoms with Crippen LogP contribution in [0.25, 0.3) is 11.4 Å². The first-order valence-corrected chi connectivity index (χ1v) is 12.3. The van der Waals surface area contributed by atoms with E-state index in [0.717, 1.165) is 81.2 Å². The van der Waals surface area contributed by atoms with Gasteiger partial charge in [0.2, 0.25) is 11.7 Å². The van der Waals surface area contributed by atoms with Gasteiger partial charge < -0.3 is 23.9 Å². The number of anilines is 1. The molecule has 2 aliphatic heterocycles. The number of nitrogens with zero attached hydrogens (tertiary/aromatic N) is 4. The lowest BCUT2D eigenvalue weighted by atomic mass is 9.96. The van der Waals surface area contributed by atoms with Crippen LogP contribution < -0.4 is 15.0 Å². The normalized spacial score (nSPS) is 19.3. The second-order valence-electron chi connectivity index (χ2n) is 9.62. The van der Waals surface area contributed by atoms with Gasteiger partial charge in [0, 0.05) is 37.7 Å². The Morgan fingerprint density at radius 2 is 1.97 bits per heavy atom. The summed E-state index contributed by atoms with van der Waals surface area (Å²) in [5.74, 6) is 3.02. The highest BCUT2D eigenvalue weighted by molar-refractivity contribution is 5.79. The number of likely N-dealkylation sites (tertiary alicyclic amines) is 1. The molecule has 0 spiro atoms. The molecule has 1 amide bonds. The third kappa shape index (κ3) is 5.67. The smallest absolute Gasteiger partial charge is 0.324 e. The van der Waals surface area contributed by atoms with Crippen LogP contribution in [0.5, 0.6) is 5.75 Å². The molecular formula is C26H33N5O4. The summed E-state index contributed by atoms with van der Waals surface area (Å²) in [5, 5.41) is 7.32. The van der Waals surface area contributed by atoms with Crippen molar-refractivity contribution < 1.29 is 18.5 Å². The lowest BCUT2D eigenvalue weighted by Gasteiger charge is -2.30. The van der Waals surface area contributed by atoms with Gasteiger partial charge in [0.1, 0.15) is 11.5 Å². The Kier molecular flexibility index (Phi) is 7.03. The van der Waals surface area contributed by atoms with Gasteiger partial charge >= 0.3 is 6.01 Å². The van der Waals surface area contributed by atoms with E-state index in [4.69, 9.17) is 13.7 Å². The molecule has 1 aromatic carbocycles. The molecule has 186 valence electrons. The molecular weight excluding hydrogens is 446 g/mol. The lowest BCUT2D eigenvalue weighted by molar-refractivity contribution is -0.125. The van der Waals surface area contributed by atoms with E-state index < -0.39 is 0 Å². The van der Waals surface area contributed by atoms with Gasteiger partial charge in [0.15, 0.2) is 0 Å². The average molecular weight is 480 g/mol. The van der Waals surface area contributed by atoms with Crippen molar-refractivity contribution in [3.63, 3.8) is 0 Å². The number of nitrogens with one attached hydrogen (secondary N) is 1. The van der Waals surface area contributed by atoms with Crippen LogP contribution in [0.2, 0.25) is 0 Å². The minimum Gasteiger partial charge on any atom is -0.497 e. The number of carbonyl (C=O) groups excluding carboxylic acids is 1. The van der Waals surface area contributed by atoms with E-state index in [0.29, 0.717) is 17.8 Å². The highest BCUT2D eigenvalue weighted by atomic mass is 16.5. The number of ether oxygens (including phenoxy) is 1. The Bertz CT molecular complexity index is 1120. The summed E-state index contributed by atoms with van der Waals surface area (Å²) in [4.78, 5) is 21.8. The number of aryl methyl sites for hydroxylation is 1. The fourth-order valence-electron chi connectivity index (χ4n) is 4.94. The summed E-state index contributed by atoms with van der Waals surface area (Å²) in [7, 11) is 1.64. The van der Waals surface area contributed by atoms with Crippen molar-refractivity contribution in [1.82, 2.24) is 20.4 Å². The highest BCUT2D eigenvalue weighted by Crippen LogP contribution is 2.26. The standard InChI is InChI=1S/C26H33N5O4/c1-18-13-23(34-17-18)16-30-10-7-19(15-30)14-27-25(32)21-8-11-31(12-9-21)26-28-24(29-35-26)20-3-5-22(33-2)6-4-20/h3-6,13,17,19,21H,7-12,14-16H2,1-2H3,(H,27,32). The van der Waals surface area contributed by atoms with Crippen LogP contribution in [0.3, 0.4) is 0 Å². The number of carbonyl (C=O) groups is 1. The molecule has 9 nitrogen and oxygen atoms in total. The number of rotatable bonds is 8. The minimum atomic E-state index is 0.0267. The van der Waals surface area contributed by atoms with E-state index in [-0.39, 0.29) is 11.8 Å². The molecule has 2 fully saturated rings. The van der Waals surface area contributed by atoms with Gasteiger partial charge in [-0.25, -0.2) is 0 Å². The molecule has 5 rings (SSSR count). The van der Waals surface area contributed by atoms with Crippen molar-refractivity contribution in [2.45, 2.75) is 32.7 Å². The van der Waals surface area contributed by atoms with Gasteiger partial charge in [-0.1, -0.05) is 5.16 Å². The molecule has 0 radical (unpaired) electrons. The quantitative estimate of drug-likeness (QED) is 0.524. The Morgan fingerprint density at radius 3 is 2.69 bits per heavy atom. The molecule has 2 aromatic heterocycles. The van der Waals surface area contributed by atoms with E-state index >= 15 is 0 Å². The Morgan fingerprint density at radius 1 is 1.17 bits per heavy atom. The predicted octanol–water partition coefficient (Wildman–Crippen LogP) is 3.50. The first-order chi connectivity index (χ1) is 17.1. The van der Waals surface area contributed by atoms with Crippen LogP contribution in [0.15, 0.2) is 45.5 Å². The maximum atomic E-state index is 12.8. The Hall–Kier alpha value is -3.33. The monoisotopic (exact) mass is 479 g/mol. The first kappa shape index (κ1) is 23.4. The average Bonchev–Trinajstić information content (AvgIpc) is 3.65. The van der Waals surface area contributed by atoms with Crippen molar-refractivity contribution in [1.29, 1.82) is 0 Å². The molecule has 3 aromatic rings. The zero-order chi connectivity index (χ0) is 24.2. The lowest BCUT2D eigenvalue weighted by Crippen LogP contribution is -2.42. The molecule has 35 heavy (non-hydrogen) atoms. The number of piperidine rings is 1. The summed E-state index contributed by atoms with van der Waals surface area (Å²) >= 11 is 0. The zero-order valence-corrected chi connectivity index (χ0v) is 20.4. The van der Waals surface area contributed by atoms with Crippen LogP contribution in [0.1, 0.15) is 30.6 Å². The van der Waals surface area contributed by atoms with E-state index in [1.54, 1.807) is 13.4 Å². The largest absolute Gasteiger partial charge is 0.497 e. The van der Waals surface area contributed by atoms with Crippen LogP contribution in [0.4, 0.5) is 6.01 Å². The van der Waals surface area contributed by atoms with Gasteiger partial charge in [0.05, 0.1) is 19.9 Å². The summed E-state index contributed by atoms with van der Waals surface area (Å²) in [6, 6.07) is 10.2. The molecule has 1 atom stereocenters. The van der Waals surface area contributed by atoms with Crippen molar-refractivity contribution in [3.8, 4) is 17.1 Å². The fraction of sp³-hybridized carbons (Fsp3) is 0.500. The maximum Gasteiger partial charge on any atom is 0.324 e. The number of hydrogen-bond donors (Lipinski definition) is 1. The molecule has 2 saturated heterocycles. The van der Waals surface area contributed by atoms with E-state index in [1.165, 1.54) is 0 Å². The Labute approximate surface area is 205 Å². The van der Waals surface area contributed by atoms with E-state index in [2.05, 4.69) is 31.3 Å². The van der Waals surface area contributed by atoms with E-state index in [9.17, 15) is 4.79 Å². The summed E-state index contributed by atoms with van der Waals surface area (Å²) in [6.07, 6.45) is 4.46. The Balaban J connectivity index is 1.05. The molecule has 9 heteroatoms. The van der Waals surface area contributed by atoms with Crippen LogP contribution in [-0.2, 0) is 11.3 Å². The highest BCUT2D eigenvalue weighted by Gasteiger charge is 2.29. The maximum absolute atomic E-state index is 12.8. The van der Waals surface area contributed by atoms with Gasteiger partial charge in [-0.2, -0.15) is 4.98 Å². The fourth-order valence-corrected chi connectivity index (χ4v) is 4.94. The molecule has 0 aliphatic carbocycles. The van der Waals surface area contributed by atoms with Crippen molar-refractivity contribution >= 4 is 11.9 Å². The number of benzene rings is 1. The van der Waals surface area contributed by atoms with Crippen molar-refractivity contribution in [2.75, 3.05) is 44.7 Å². The van der Waals surface area contributed by atoms with E-state index in [1.807, 2.05) is 31.2 Å². The third-order valence-electron chi connectivity index (χ3n) is 7.00. The first-order valence-electron chi connectivity index (χ1n) is 12.3. The predicted molar refractivity (Wildman–Crippen MR) is 131 cm³/mol. The molecule has 1 unspecified atom stereocenters. The zero-order valence-electron chi connectivity index (χ0n) is 20.4. The molecule has 1 N–H and O–H groups in total. The molecule has 0 bridgehead atoms. The van der Waals surface area contributed by atoms with Gasteiger partial charge in [0.25, 0.3) is 0 Å². The number of hydrogen-bond acceptors (Lipinski definition) is 8. The SMILES string of the molecule is COc1ccc(-c2noc(N3CCC(C(=O)NCC4CCN(Cc5cc(C)co5)C4)CC3)n2)cc1. The van der Waals surface area contributed by atoms with Crippen LogP contribution in [-0.4, -0.2) is 60.8 Å². The van der Waals surface area contributed by atoms with Gasteiger partial charge in [-0.3, -0.25) is 9.69 Å². The summed E-state index contributed by atoms with van der Waals surface area (Å²) in [6.45, 7) is 7.10. The van der Waals surface area contributed by atoms with Gasteiger partial charge in [-0.15, -0.1) is 0 Å². The summed E-state index contributed by atoms with van der Waals surface area (Å²) < 4.78 is 16.3. The van der Waals surface area contributed by atoms with Crippen molar-refractivity contribution in [2.24, 2.45) is 11.8 Å². The molecule has 0 saturated carbocycles. The number of amides is 1. The van der Waals surface area contributed by atoms with Crippen LogP contribution >= 0.6 is 0 Å². The summed E-state index contributed by atoms with van der Waals surface area (Å²) in [5.41, 5.74) is 2.03. The number of furan rings is 1. The third-order valence-corrected chi connectivity index (χ3v) is 7.00. The second-order valence-corrected chi connectivity index (χ2v) is 9.62. The van der Waals surface area contributed by atoms with Gasteiger partial charge in [-0.05, 0) is 74.5 Å². The number of aromatic nitrogens is 2. The minimum absolute atomic E-state index is 0.0267. The van der Waals surface area contributed by atoms with Crippen LogP contribution in [0, 0.1) is 18.8 Å². The second kappa shape index (κ2) is 10.5. The van der Waals surface area contributed by atoms with Crippen molar-refractivity contribution in [3.05, 3.63) is 47.9 Å².